The summed E-state index contributed by atoms with van der Waals surface area (Å²) in [6.45, 7) is 0.444. The number of hydrogen-bond donors (Lipinski definition) is 2. The van der Waals surface area contributed by atoms with Crippen molar-refractivity contribution in [2.45, 2.75) is 12.8 Å². The van der Waals surface area contributed by atoms with Gasteiger partial charge in [-0.05, 0) is 24.6 Å². The van der Waals surface area contributed by atoms with Crippen molar-refractivity contribution in [3.05, 3.63) is 28.5 Å². The van der Waals surface area contributed by atoms with Crippen molar-refractivity contribution in [3.63, 3.8) is 0 Å². The van der Waals surface area contributed by atoms with E-state index >= 15 is 0 Å². The predicted octanol–water partition coefficient (Wildman–Crippen LogP) is 2.86. The summed E-state index contributed by atoms with van der Waals surface area (Å²) >= 11 is 3.23. The van der Waals surface area contributed by atoms with E-state index in [4.69, 9.17) is 5.11 Å². The largest absolute Gasteiger partial charge is 0.481 e. The number of halogens is 2. The molecule has 0 radical (unpaired) electrons. The van der Waals surface area contributed by atoms with Gasteiger partial charge in [0.05, 0.1) is 5.69 Å². The molecule has 0 bridgehead atoms. The number of carbonyl (C=O) groups is 1. The van der Waals surface area contributed by atoms with Crippen LogP contribution in [0.1, 0.15) is 12.8 Å². The van der Waals surface area contributed by atoms with Gasteiger partial charge in [-0.15, -0.1) is 0 Å². The lowest BCUT2D eigenvalue weighted by molar-refractivity contribution is -0.137. The summed E-state index contributed by atoms with van der Waals surface area (Å²) in [7, 11) is 0. The summed E-state index contributed by atoms with van der Waals surface area (Å²) in [6.07, 6.45) is 0.559. The van der Waals surface area contributed by atoms with Crippen LogP contribution in [0.25, 0.3) is 0 Å². The zero-order valence-corrected chi connectivity index (χ0v) is 9.55. The topological polar surface area (TPSA) is 49.3 Å². The third-order valence-corrected chi connectivity index (χ3v) is 2.30. The highest BCUT2D eigenvalue weighted by atomic mass is 79.9. The minimum Gasteiger partial charge on any atom is -0.481 e. The molecule has 0 spiro atoms. The summed E-state index contributed by atoms with van der Waals surface area (Å²) in [4.78, 5) is 10.2. The number of nitrogens with one attached hydrogen (secondary N) is 1. The van der Waals surface area contributed by atoms with E-state index in [1.165, 1.54) is 6.07 Å². The van der Waals surface area contributed by atoms with Gasteiger partial charge in [0, 0.05) is 17.4 Å². The van der Waals surface area contributed by atoms with E-state index in [1.807, 2.05) is 0 Å². The average molecular weight is 276 g/mol. The van der Waals surface area contributed by atoms with Gasteiger partial charge in [0.1, 0.15) is 5.82 Å². The van der Waals surface area contributed by atoms with Crippen molar-refractivity contribution in [1.82, 2.24) is 0 Å². The molecule has 0 aliphatic rings. The van der Waals surface area contributed by atoms with Crippen LogP contribution in [0.3, 0.4) is 0 Å². The molecule has 1 aromatic rings. The second-order valence-corrected chi connectivity index (χ2v) is 3.96. The van der Waals surface area contributed by atoms with Crippen LogP contribution in [-0.2, 0) is 4.79 Å². The minimum atomic E-state index is -0.841. The first-order valence-electron chi connectivity index (χ1n) is 4.50. The van der Waals surface area contributed by atoms with E-state index in [1.54, 1.807) is 12.1 Å². The Morgan fingerprint density at radius 2 is 2.27 bits per heavy atom. The second-order valence-electron chi connectivity index (χ2n) is 3.05. The van der Waals surface area contributed by atoms with Crippen molar-refractivity contribution in [2.75, 3.05) is 11.9 Å². The zero-order valence-electron chi connectivity index (χ0n) is 7.96. The maximum Gasteiger partial charge on any atom is 0.303 e. The smallest absolute Gasteiger partial charge is 0.303 e. The summed E-state index contributed by atoms with van der Waals surface area (Å²) < 4.78 is 13.9. The Kier molecular flexibility index (Phi) is 4.55. The second kappa shape index (κ2) is 5.70. The van der Waals surface area contributed by atoms with Crippen LogP contribution < -0.4 is 5.32 Å². The molecule has 0 aromatic heterocycles. The van der Waals surface area contributed by atoms with Gasteiger partial charge in [0.15, 0.2) is 0 Å². The van der Waals surface area contributed by atoms with Gasteiger partial charge in [-0.3, -0.25) is 4.79 Å². The highest BCUT2D eigenvalue weighted by Gasteiger charge is 2.02. The van der Waals surface area contributed by atoms with E-state index in [9.17, 15) is 9.18 Å². The zero-order chi connectivity index (χ0) is 11.3. The molecule has 0 fully saturated rings. The summed E-state index contributed by atoms with van der Waals surface area (Å²) in [5, 5.41) is 11.2. The standard InChI is InChI=1S/C10H11BrFNO2/c11-7-3-4-8(12)9(6-7)13-5-1-2-10(14)15/h3-4,6,13H,1-2,5H2,(H,14,15). The Hall–Kier alpha value is -1.10. The molecular formula is C10H11BrFNO2. The van der Waals surface area contributed by atoms with Crippen LogP contribution >= 0.6 is 15.9 Å². The Morgan fingerprint density at radius 3 is 2.93 bits per heavy atom. The number of carboxylic acid groups (broad SMARTS) is 1. The highest BCUT2D eigenvalue weighted by molar-refractivity contribution is 9.10. The van der Waals surface area contributed by atoms with E-state index < -0.39 is 5.97 Å². The first-order chi connectivity index (χ1) is 7.09. The average Bonchev–Trinajstić information content (AvgIpc) is 2.17. The molecule has 82 valence electrons. The molecule has 2 N–H and O–H groups in total. The first-order valence-corrected chi connectivity index (χ1v) is 5.29. The van der Waals surface area contributed by atoms with Gasteiger partial charge in [-0.25, -0.2) is 4.39 Å². The molecule has 15 heavy (non-hydrogen) atoms. The molecule has 1 rings (SSSR count). The third kappa shape index (κ3) is 4.29. The third-order valence-electron chi connectivity index (χ3n) is 1.81. The molecule has 1 aromatic carbocycles. The quantitative estimate of drug-likeness (QED) is 0.813. The normalized spacial score (nSPS) is 10.0. The molecule has 0 atom stereocenters. The van der Waals surface area contributed by atoms with E-state index in [0.29, 0.717) is 18.7 Å². The Morgan fingerprint density at radius 1 is 1.53 bits per heavy atom. The van der Waals surface area contributed by atoms with Crippen molar-refractivity contribution >= 4 is 27.6 Å². The van der Waals surface area contributed by atoms with Crippen molar-refractivity contribution in [2.24, 2.45) is 0 Å². The van der Waals surface area contributed by atoms with Gasteiger partial charge in [-0.2, -0.15) is 0 Å². The molecule has 0 saturated carbocycles. The number of anilines is 1. The van der Waals surface area contributed by atoms with Crippen LogP contribution in [0.2, 0.25) is 0 Å². The molecule has 0 aliphatic carbocycles. The van der Waals surface area contributed by atoms with E-state index in [2.05, 4.69) is 21.2 Å². The Bertz CT molecular complexity index is 357. The SMILES string of the molecule is O=C(O)CCCNc1cc(Br)ccc1F. The van der Waals surface area contributed by atoms with Crippen LogP contribution in [-0.4, -0.2) is 17.6 Å². The van der Waals surface area contributed by atoms with Crippen LogP contribution in [0.5, 0.6) is 0 Å². The fourth-order valence-electron chi connectivity index (χ4n) is 1.10. The van der Waals surface area contributed by atoms with Crippen molar-refractivity contribution in [3.8, 4) is 0 Å². The van der Waals surface area contributed by atoms with Gasteiger partial charge in [0.2, 0.25) is 0 Å². The minimum absolute atomic E-state index is 0.0859. The number of rotatable bonds is 5. The Labute approximate surface area is 95.4 Å². The monoisotopic (exact) mass is 275 g/mol. The first kappa shape index (κ1) is 12.0. The van der Waals surface area contributed by atoms with E-state index in [-0.39, 0.29) is 12.2 Å². The van der Waals surface area contributed by atoms with Gasteiger partial charge < -0.3 is 10.4 Å². The number of benzene rings is 1. The Balaban J connectivity index is 2.43. The lowest BCUT2D eigenvalue weighted by Gasteiger charge is -2.06. The fourth-order valence-corrected chi connectivity index (χ4v) is 1.46. The molecule has 0 amide bonds. The molecule has 5 heteroatoms. The lowest BCUT2D eigenvalue weighted by atomic mass is 10.2. The van der Waals surface area contributed by atoms with Gasteiger partial charge >= 0.3 is 5.97 Å². The van der Waals surface area contributed by atoms with Gasteiger partial charge in [0.25, 0.3) is 0 Å². The van der Waals surface area contributed by atoms with Crippen LogP contribution in [0.4, 0.5) is 10.1 Å². The summed E-state index contributed by atoms with van der Waals surface area (Å²) in [6, 6.07) is 4.58. The van der Waals surface area contributed by atoms with Crippen molar-refractivity contribution < 1.29 is 14.3 Å². The number of hydrogen-bond acceptors (Lipinski definition) is 2. The number of carboxylic acids is 1. The molecule has 0 heterocycles. The maximum absolute atomic E-state index is 13.2. The molecular weight excluding hydrogens is 265 g/mol. The summed E-state index contributed by atoms with van der Waals surface area (Å²) in [5.74, 6) is -1.18. The van der Waals surface area contributed by atoms with Crippen LogP contribution in [0.15, 0.2) is 22.7 Å². The molecule has 0 unspecified atom stereocenters. The van der Waals surface area contributed by atoms with Crippen LogP contribution in [0, 0.1) is 5.82 Å². The number of aliphatic carboxylic acids is 1. The summed E-state index contributed by atoms with van der Waals surface area (Å²) in [5.41, 5.74) is 0.384. The molecule has 0 saturated heterocycles. The molecule has 3 nitrogen and oxygen atoms in total. The van der Waals surface area contributed by atoms with Gasteiger partial charge in [-0.1, -0.05) is 15.9 Å². The molecule has 0 aliphatic heterocycles. The maximum atomic E-state index is 13.2. The van der Waals surface area contributed by atoms with E-state index in [0.717, 1.165) is 4.47 Å². The lowest BCUT2D eigenvalue weighted by Crippen LogP contribution is -2.06. The highest BCUT2D eigenvalue weighted by Crippen LogP contribution is 2.19. The van der Waals surface area contributed by atoms with Crippen molar-refractivity contribution in [1.29, 1.82) is 0 Å². The predicted molar refractivity (Wildman–Crippen MR) is 59.5 cm³/mol. The fraction of sp³-hybridized carbons (Fsp3) is 0.300.